The van der Waals surface area contributed by atoms with Crippen molar-refractivity contribution in [1.82, 2.24) is 4.98 Å². The van der Waals surface area contributed by atoms with Crippen molar-refractivity contribution in [2.75, 3.05) is 18.0 Å². The highest BCUT2D eigenvalue weighted by Crippen LogP contribution is 2.45. The van der Waals surface area contributed by atoms with E-state index in [4.69, 9.17) is 21.8 Å². The normalized spacial score (nSPS) is 22.4. The maximum Gasteiger partial charge on any atom is 0.298 e. The Bertz CT molecular complexity index is 638. The molecule has 2 fully saturated rings. The van der Waals surface area contributed by atoms with Gasteiger partial charge in [-0.05, 0) is 43.9 Å². The third kappa shape index (κ3) is 1.98. The van der Waals surface area contributed by atoms with Gasteiger partial charge in [0.05, 0.1) is 0 Å². The molecule has 0 amide bonds. The molecule has 2 aliphatic rings. The lowest BCUT2D eigenvalue weighted by Crippen LogP contribution is -2.58. The summed E-state index contributed by atoms with van der Waals surface area (Å²) in [6.45, 7) is 2.08. The minimum absolute atomic E-state index is 0.404. The molecule has 106 valence electrons. The summed E-state index contributed by atoms with van der Waals surface area (Å²) in [5.74, 6) is 0. The maximum atomic E-state index is 5.99. The van der Waals surface area contributed by atoms with E-state index in [-0.39, 0.29) is 0 Å². The Morgan fingerprint density at radius 3 is 2.80 bits per heavy atom. The molecular formula is C15H18ClN3O. The van der Waals surface area contributed by atoms with Crippen molar-refractivity contribution in [2.45, 2.75) is 31.7 Å². The van der Waals surface area contributed by atoms with Crippen molar-refractivity contribution < 1.29 is 4.42 Å². The van der Waals surface area contributed by atoms with Crippen LogP contribution in [-0.2, 0) is 0 Å². The van der Waals surface area contributed by atoms with Crippen LogP contribution in [0.4, 0.5) is 6.01 Å². The largest absolute Gasteiger partial charge is 0.423 e. The third-order valence-corrected chi connectivity index (χ3v) is 4.99. The second-order valence-corrected chi connectivity index (χ2v) is 6.74. The molecule has 0 atom stereocenters. The molecule has 1 saturated carbocycles. The Labute approximate surface area is 122 Å². The Hall–Kier alpha value is -1.26. The molecule has 5 heteroatoms. The number of hydrogen-bond donors (Lipinski definition) is 1. The molecule has 1 aliphatic heterocycles. The SMILES string of the molecule is NC1CCC2(CC1)CN(c1nc3cc(Cl)ccc3o1)C2. The van der Waals surface area contributed by atoms with Crippen LogP contribution in [-0.4, -0.2) is 24.1 Å². The van der Waals surface area contributed by atoms with Gasteiger partial charge in [0.15, 0.2) is 5.58 Å². The van der Waals surface area contributed by atoms with Crippen LogP contribution in [0.2, 0.25) is 5.02 Å². The summed E-state index contributed by atoms with van der Waals surface area (Å²) < 4.78 is 5.81. The maximum absolute atomic E-state index is 5.99. The van der Waals surface area contributed by atoms with E-state index in [9.17, 15) is 0 Å². The van der Waals surface area contributed by atoms with Crippen LogP contribution in [0.1, 0.15) is 25.7 Å². The zero-order chi connectivity index (χ0) is 13.7. The third-order valence-electron chi connectivity index (χ3n) is 4.75. The topological polar surface area (TPSA) is 55.3 Å². The molecule has 0 unspecified atom stereocenters. The number of nitrogens with zero attached hydrogens (tertiary/aromatic N) is 2. The molecule has 2 N–H and O–H groups in total. The van der Waals surface area contributed by atoms with Gasteiger partial charge in [0.25, 0.3) is 6.01 Å². The zero-order valence-electron chi connectivity index (χ0n) is 11.3. The summed E-state index contributed by atoms with van der Waals surface area (Å²) in [6.07, 6.45) is 4.77. The summed E-state index contributed by atoms with van der Waals surface area (Å²) >= 11 is 5.98. The van der Waals surface area contributed by atoms with Crippen molar-refractivity contribution in [3.05, 3.63) is 23.2 Å². The molecule has 1 aromatic carbocycles. The van der Waals surface area contributed by atoms with E-state index in [1.165, 1.54) is 12.8 Å². The Kier molecular flexibility index (Phi) is 2.72. The van der Waals surface area contributed by atoms with Gasteiger partial charge in [0.2, 0.25) is 0 Å². The van der Waals surface area contributed by atoms with Gasteiger partial charge in [-0.25, -0.2) is 0 Å². The summed E-state index contributed by atoms with van der Waals surface area (Å²) in [4.78, 5) is 6.77. The summed E-state index contributed by atoms with van der Waals surface area (Å²) in [5, 5.41) is 0.693. The first-order valence-corrected chi connectivity index (χ1v) is 7.58. The first kappa shape index (κ1) is 12.5. The number of fused-ring (bicyclic) bond motifs is 1. The van der Waals surface area contributed by atoms with Crippen molar-refractivity contribution >= 4 is 28.7 Å². The summed E-state index contributed by atoms with van der Waals surface area (Å²) in [5.41, 5.74) is 8.08. The Balaban J connectivity index is 1.51. The second kappa shape index (κ2) is 4.37. The number of anilines is 1. The number of aromatic nitrogens is 1. The van der Waals surface area contributed by atoms with Gasteiger partial charge in [0, 0.05) is 29.6 Å². The second-order valence-electron chi connectivity index (χ2n) is 6.30. The molecule has 1 aliphatic carbocycles. The Morgan fingerprint density at radius 2 is 2.05 bits per heavy atom. The smallest absolute Gasteiger partial charge is 0.298 e. The molecule has 1 spiro atoms. The molecule has 20 heavy (non-hydrogen) atoms. The quantitative estimate of drug-likeness (QED) is 0.877. The summed E-state index contributed by atoms with van der Waals surface area (Å²) in [6, 6.07) is 6.69. The van der Waals surface area contributed by atoms with Gasteiger partial charge in [-0.3, -0.25) is 0 Å². The first-order chi connectivity index (χ1) is 9.63. The lowest BCUT2D eigenvalue weighted by molar-refractivity contribution is 0.124. The highest BCUT2D eigenvalue weighted by Gasteiger charge is 2.46. The molecule has 0 bridgehead atoms. The molecule has 2 heterocycles. The van der Waals surface area contributed by atoms with Gasteiger partial charge in [-0.1, -0.05) is 11.6 Å². The number of oxazole rings is 1. The van der Waals surface area contributed by atoms with Crippen LogP contribution in [0.5, 0.6) is 0 Å². The van der Waals surface area contributed by atoms with E-state index >= 15 is 0 Å². The minimum atomic E-state index is 0.404. The van der Waals surface area contributed by atoms with E-state index in [1.54, 1.807) is 0 Å². The van der Waals surface area contributed by atoms with Gasteiger partial charge < -0.3 is 15.1 Å². The molecule has 0 radical (unpaired) electrons. The number of nitrogens with two attached hydrogens (primary N) is 1. The van der Waals surface area contributed by atoms with Crippen LogP contribution in [0.25, 0.3) is 11.1 Å². The van der Waals surface area contributed by atoms with E-state index in [2.05, 4.69) is 9.88 Å². The van der Waals surface area contributed by atoms with E-state index in [0.717, 1.165) is 43.0 Å². The van der Waals surface area contributed by atoms with E-state index < -0.39 is 0 Å². The zero-order valence-corrected chi connectivity index (χ0v) is 12.1. The predicted molar refractivity (Wildman–Crippen MR) is 80.1 cm³/mol. The molecule has 1 saturated heterocycles. The van der Waals surface area contributed by atoms with E-state index in [1.807, 2.05) is 18.2 Å². The highest BCUT2D eigenvalue weighted by molar-refractivity contribution is 6.31. The fourth-order valence-electron chi connectivity index (χ4n) is 3.49. The lowest BCUT2D eigenvalue weighted by atomic mass is 9.68. The molecule has 2 aromatic rings. The molecule has 1 aromatic heterocycles. The lowest BCUT2D eigenvalue weighted by Gasteiger charge is -2.52. The average molecular weight is 292 g/mol. The fraction of sp³-hybridized carbons (Fsp3) is 0.533. The van der Waals surface area contributed by atoms with Crippen LogP contribution >= 0.6 is 11.6 Å². The molecular weight excluding hydrogens is 274 g/mol. The van der Waals surface area contributed by atoms with Crippen molar-refractivity contribution in [1.29, 1.82) is 0 Å². The van der Waals surface area contributed by atoms with Crippen molar-refractivity contribution in [2.24, 2.45) is 11.1 Å². The van der Waals surface area contributed by atoms with E-state index in [0.29, 0.717) is 16.5 Å². The van der Waals surface area contributed by atoms with Gasteiger partial charge >= 0.3 is 0 Å². The predicted octanol–water partition coefficient (Wildman–Crippen LogP) is 3.19. The average Bonchev–Trinajstić information content (AvgIpc) is 2.80. The fourth-order valence-corrected chi connectivity index (χ4v) is 3.66. The standard InChI is InChI=1S/C15H18ClN3O/c16-10-1-2-13-12(7-10)18-14(20-13)19-8-15(9-19)5-3-11(17)4-6-15/h1-2,7,11H,3-6,8-9,17H2. The van der Waals surface area contributed by atoms with Gasteiger partial charge in [-0.15, -0.1) is 0 Å². The van der Waals surface area contributed by atoms with Crippen LogP contribution in [0.3, 0.4) is 0 Å². The highest BCUT2D eigenvalue weighted by atomic mass is 35.5. The first-order valence-electron chi connectivity index (χ1n) is 7.20. The van der Waals surface area contributed by atoms with Crippen LogP contribution in [0, 0.1) is 5.41 Å². The van der Waals surface area contributed by atoms with Gasteiger partial charge in [0.1, 0.15) is 5.52 Å². The van der Waals surface area contributed by atoms with Gasteiger partial charge in [-0.2, -0.15) is 4.98 Å². The Morgan fingerprint density at radius 1 is 1.30 bits per heavy atom. The van der Waals surface area contributed by atoms with Crippen LogP contribution in [0.15, 0.2) is 22.6 Å². The summed E-state index contributed by atoms with van der Waals surface area (Å²) in [7, 11) is 0. The minimum Gasteiger partial charge on any atom is -0.423 e. The number of halogens is 1. The van der Waals surface area contributed by atoms with Crippen molar-refractivity contribution in [3.63, 3.8) is 0 Å². The molecule has 4 rings (SSSR count). The number of hydrogen-bond acceptors (Lipinski definition) is 4. The number of benzene rings is 1. The van der Waals surface area contributed by atoms with Crippen LogP contribution < -0.4 is 10.6 Å². The number of rotatable bonds is 1. The molecule has 4 nitrogen and oxygen atoms in total. The monoisotopic (exact) mass is 291 g/mol. The van der Waals surface area contributed by atoms with Crippen molar-refractivity contribution in [3.8, 4) is 0 Å².